The second-order valence-electron chi connectivity index (χ2n) is 2.28. The molecule has 0 spiro atoms. The van der Waals surface area contributed by atoms with Crippen molar-refractivity contribution in [1.29, 1.82) is 0 Å². The standard InChI is InChI=1S/C8H8BrNO2S/c1-5-10-6(4-13-5)3-7(9)8(11)12-2/h3-4H,1-2H3/b7-3+. The van der Waals surface area contributed by atoms with Crippen LogP contribution in [0.1, 0.15) is 10.7 Å². The molecular formula is C8H8BrNO2S. The lowest BCUT2D eigenvalue weighted by Gasteiger charge is -1.94. The van der Waals surface area contributed by atoms with Crippen molar-refractivity contribution in [3.8, 4) is 0 Å². The van der Waals surface area contributed by atoms with Crippen molar-refractivity contribution in [3.05, 3.63) is 20.6 Å². The Labute approximate surface area is 88.6 Å². The summed E-state index contributed by atoms with van der Waals surface area (Å²) in [6.07, 6.45) is 1.63. The Balaban J connectivity index is 2.82. The lowest BCUT2D eigenvalue weighted by Crippen LogP contribution is -1.98. The molecule has 1 rings (SSSR count). The summed E-state index contributed by atoms with van der Waals surface area (Å²) in [5.74, 6) is -0.398. The van der Waals surface area contributed by atoms with Gasteiger partial charge in [-0.1, -0.05) is 0 Å². The summed E-state index contributed by atoms with van der Waals surface area (Å²) >= 11 is 4.64. The van der Waals surface area contributed by atoms with Gasteiger partial charge in [-0.15, -0.1) is 11.3 Å². The molecule has 0 saturated carbocycles. The summed E-state index contributed by atoms with van der Waals surface area (Å²) in [7, 11) is 1.34. The molecule has 0 saturated heterocycles. The van der Waals surface area contributed by atoms with Crippen LogP contribution >= 0.6 is 27.3 Å². The van der Waals surface area contributed by atoms with Gasteiger partial charge in [-0.05, 0) is 28.9 Å². The van der Waals surface area contributed by atoms with Crippen molar-refractivity contribution in [3.63, 3.8) is 0 Å². The van der Waals surface area contributed by atoms with Gasteiger partial charge in [0.15, 0.2) is 0 Å². The van der Waals surface area contributed by atoms with Gasteiger partial charge in [0, 0.05) is 5.38 Å². The zero-order valence-corrected chi connectivity index (χ0v) is 9.61. The van der Waals surface area contributed by atoms with E-state index in [9.17, 15) is 4.79 Å². The van der Waals surface area contributed by atoms with E-state index in [-0.39, 0.29) is 0 Å². The van der Waals surface area contributed by atoms with Crippen LogP contribution in [0.5, 0.6) is 0 Å². The molecule has 70 valence electrons. The maximum Gasteiger partial charge on any atom is 0.345 e. The summed E-state index contributed by atoms with van der Waals surface area (Å²) < 4.78 is 4.89. The van der Waals surface area contributed by atoms with Crippen molar-refractivity contribution >= 4 is 39.3 Å². The van der Waals surface area contributed by atoms with E-state index in [1.54, 1.807) is 6.08 Å². The van der Waals surface area contributed by atoms with E-state index in [4.69, 9.17) is 0 Å². The third kappa shape index (κ3) is 2.93. The molecule has 1 heterocycles. The number of halogens is 1. The number of aromatic nitrogens is 1. The quantitative estimate of drug-likeness (QED) is 0.606. The average Bonchev–Trinajstić information content (AvgIpc) is 2.49. The van der Waals surface area contributed by atoms with Gasteiger partial charge >= 0.3 is 5.97 Å². The number of thiazole rings is 1. The van der Waals surface area contributed by atoms with Gasteiger partial charge in [-0.2, -0.15) is 0 Å². The molecule has 0 aliphatic rings. The monoisotopic (exact) mass is 261 g/mol. The highest BCUT2D eigenvalue weighted by Gasteiger charge is 2.05. The maximum atomic E-state index is 11.0. The van der Waals surface area contributed by atoms with Gasteiger partial charge in [0.05, 0.1) is 17.8 Å². The SMILES string of the molecule is COC(=O)/C(Br)=C\c1csc(C)n1. The minimum Gasteiger partial charge on any atom is -0.465 e. The predicted octanol–water partition coefficient (Wildman–Crippen LogP) is 2.36. The van der Waals surface area contributed by atoms with E-state index >= 15 is 0 Å². The number of ether oxygens (including phenoxy) is 1. The first-order valence-corrected chi connectivity index (χ1v) is 5.18. The molecule has 0 aromatic carbocycles. The number of hydrogen-bond donors (Lipinski definition) is 0. The average molecular weight is 262 g/mol. The highest BCUT2D eigenvalue weighted by molar-refractivity contribution is 9.12. The number of methoxy groups -OCH3 is 1. The van der Waals surface area contributed by atoms with Crippen LogP contribution in [-0.4, -0.2) is 18.1 Å². The largest absolute Gasteiger partial charge is 0.465 e. The number of carbonyl (C=O) groups excluding carboxylic acids is 1. The van der Waals surface area contributed by atoms with Gasteiger partial charge in [0.2, 0.25) is 0 Å². The minimum atomic E-state index is -0.398. The van der Waals surface area contributed by atoms with E-state index in [0.717, 1.165) is 10.7 Å². The number of carbonyl (C=O) groups is 1. The summed E-state index contributed by atoms with van der Waals surface area (Å²) in [5.41, 5.74) is 0.764. The number of hydrogen-bond acceptors (Lipinski definition) is 4. The summed E-state index contributed by atoms with van der Waals surface area (Å²) in [6.45, 7) is 1.91. The number of rotatable bonds is 2. The Morgan fingerprint density at radius 1 is 1.77 bits per heavy atom. The van der Waals surface area contributed by atoms with E-state index in [0.29, 0.717) is 4.48 Å². The zero-order chi connectivity index (χ0) is 9.84. The molecule has 0 atom stereocenters. The topological polar surface area (TPSA) is 39.2 Å². The highest BCUT2D eigenvalue weighted by Crippen LogP contribution is 2.15. The summed E-state index contributed by atoms with van der Waals surface area (Å²) in [4.78, 5) is 15.1. The molecule has 0 N–H and O–H groups in total. The molecule has 0 fully saturated rings. The number of nitrogens with zero attached hydrogens (tertiary/aromatic N) is 1. The molecule has 1 aromatic heterocycles. The molecular weight excluding hydrogens is 254 g/mol. The first kappa shape index (κ1) is 10.4. The van der Waals surface area contributed by atoms with E-state index in [1.165, 1.54) is 18.4 Å². The Morgan fingerprint density at radius 2 is 2.46 bits per heavy atom. The van der Waals surface area contributed by atoms with Gasteiger partial charge in [-0.25, -0.2) is 9.78 Å². The molecule has 0 aliphatic carbocycles. The third-order valence-electron chi connectivity index (χ3n) is 1.29. The second-order valence-corrected chi connectivity index (χ2v) is 4.19. The van der Waals surface area contributed by atoms with Crippen LogP contribution in [0.15, 0.2) is 9.86 Å². The van der Waals surface area contributed by atoms with Gasteiger partial charge in [-0.3, -0.25) is 0 Å². The molecule has 5 heteroatoms. The molecule has 0 bridgehead atoms. The fraction of sp³-hybridized carbons (Fsp3) is 0.250. The van der Waals surface area contributed by atoms with Crippen molar-refractivity contribution in [2.24, 2.45) is 0 Å². The van der Waals surface area contributed by atoms with Crippen LogP contribution in [-0.2, 0) is 9.53 Å². The van der Waals surface area contributed by atoms with Crippen molar-refractivity contribution < 1.29 is 9.53 Å². The maximum absolute atomic E-state index is 11.0. The first-order chi connectivity index (χ1) is 6.13. The lowest BCUT2D eigenvalue weighted by molar-refractivity contribution is -0.135. The molecule has 1 aromatic rings. The molecule has 3 nitrogen and oxygen atoms in total. The van der Waals surface area contributed by atoms with Crippen LogP contribution < -0.4 is 0 Å². The molecule has 0 amide bonds. The molecule has 0 unspecified atom stereocenters. The van der Waals surface area contributed by atoms with Crippen molar-refractivity contribution in [2.45, 2.75) is 6.92 Å². The van der Waals surface area contributed by atoms with E-state index in [1.807, 2.05) is 12.3 Å². The zero-order valence-electron chi connectivity index (χ0n) is 7.20. The number of aryl methyl sites for hydroxylation is 1. The fourth-order valence-corrected chi connectivity index (χ4v) is 1.70. The molecule has 13 heavy (non-hydrogen) atoms. The van der Waals surface area contributed by atoms with Crippen molar-refractivity contribution in [2.75, 3.05) is 7.11 Å². The van der Waals surface area contributed by atoms with Crippen LogP contribution in [0.4, 0.5) is 0 Å². The first-order valence-electron chi connectivity index (χ1n) is 3.51. The van der Waals surface area contributed by atoms with E-state index < -0.39 is 5.97 Å². The highest BCUT2D eigenvalue weighted by atomic mass is 79.9. The smallest absolute Gasteiger partial charge is 0.345 e. The number of esters is 1. The second kappa shape index (κ2) is 4.53. The minimum absolute atomic E-state index is 0.375. The van der Waals surface area contributed by atoms with Crippen LogP contribution in [0.3, 0.4) is 0 Å². The lowest BCUT2D eigenvalue weighted by atomic mass is 10.4. The Bertz CT molecular complexity index is 346. The predicted molar refractivity (Wildman–Crippen MR) is 55.8 cm³/mol. The Hall–Kier alpha value is -0.680. The van der Waals surface area contributed by atoms with Crippen LogP contribution in [0, 0.1) is 6.92 Å². The summed E-state index contributed by atoms with van der Waals surface area (Å²) in [5, 5.41) is 2.84. The fourth-order valence-electron chi connectivity index (χ4n) is 0.733. The van der Waals surface area contributed by atoms with Crippen molar-refractivity contribution in [1.82, 2.24) is 4.98 Å². The Kier molecular flexibility index (Phi) is 3.62. The molecule has 0 radical (unpaired) electrons. The summed E-state index contributed by atoms with van der Waals surface area (Å²) in [6, 6.07) is 0. The van der Waals surface area contributed by atoms with Crippen LogP contribution in [0.25, 0.3) is 6.08 Å². The van der Waals surface area contributed by atoms with Gasteiger partial charge in [0.25, 0.3) is 0 Å². The van der Waals surface area contributed by atoms with E-state index in [2.05, 4.69) is 25.7 Å². The van der Waals surface area contributed by atoms with Gasteiger partial charge in [0.1, 0.15) is 4.48 Å². The Morgan fingerprint density at radius 3 is 2.92 bits per heavy atom. The van der Waals surface area contributed by atoms with Gasteiger partial charge < -0.3 is 4.74 Å². The third-order valence-corrected chi connectivity index (χ3v) is 2.64. The van der Waals surface area contributed by atoms with Crippen LogP contribution in [0.2, 0.25) is 0 Å². The molecule has 0 aliphatic heterocycles. The normalized spacial score (nSPS) is 11.5.